The van der Waals surface area contributed by atoms with E-state index in [9.17, 15) is 4.79 Å². The van der Waals surface area contributed by atoms with Gasteiger partial charge in [0.1, 0.15) is 11.5 Å². The number of ether oxygens (including phenoxy) is 2. The minimum atomic E-state index is -0.0891. The van der Waals surface area contributed by atoms with Gasteiger partial charge in [-0.1, -0.05) is 36.4 Å². The minimum Gasteiger partial charge on any atom is -0.497 e. The third kappa shape index (κ3) is 4.35. The molecule has 0 aromatic heterocycles. The van der Waals surface area contributed by atoms with Crippen LogP contribution in [0, 0.1) is 0 Å². The van der Waals surface area contributed by atoms with Crippen LogP contribution in [0.15, 0.2) is 60.7 Å². The molecule has 0 N–H and O–H groups in total. The molecule has 0 amide bonds. The smallest absolute Gasteiger partial charge is 0.178 e. The van der Waals surface area contributed by atoms with E-state index in [0.717, 1.165) is 22.6 Å². The quantitative estimate of drug-likeness (QED) is 0.755. The third-order valence-corrected chi connectivity index (χ3v) is 3.10. The molecule has 2 aromatic carbocycles. The van der Waals surface area contributed by atoms with E-state index in [1.807, 2.05) is 48.5 Å². The van der Waals surface area contributed by atoms with Gasteiger partial charge in [0.05, 0.1) is 14.2 Å². The summed E-state index contributed by atoms with van der Waals surface area (Å²) in [6, 6.07) is 15.1. The zero-order chi connectivity index (χ0) is 15.8. The summed E-state index contributed by atoms with van der Waals surface area (Å²) in [5.74, 6) is 1.41. The van der Waals surface area contributed by atoms with Gasteiger partial charge in [0, 0.05) is 5.56 Å². The van der Waals surface area contributed by atoms with Crippen molar-refractivity contribution in [1.29, 1.82) is 0 Å². The van der Waals surface area contributed by atoms with E-state index in [1.165, 1.54) is 12.2 Å². The lowest BCUT2D eigenvalue weighted by Gasteiger charge is -2.02. The number of methoxy groups -OCH3 is 2. The molecule has 3 nitrogen and oxygen atoms in total. The average molecular weight is 294 g/mol. The topological polar surface area (TPSA) is 35.5 Å². The zero-order valence-electron chi connectivity index (χ0n) is 12.7. The first-order valence-corrected chi connectivity index (χ1v) is 6.90. The second-order valence-corrected chi connectivity index (χ2v) is 4.59. The third-order valence-electron chi connectivity index (χ3n) is 3.10. The number of para-hydroxylation sites is 1. The Labute approximate surface area is 130 Å². The van der Waals surface area contributed by atoms with Gasteiger partial charge in [-0.25, -0.2) is 0 Å². The van der Waals surface area contributed by atoms with Crippen molar-refractivity contribution in [3.63, 3.8) is 0 Å². The van der Waals surface area contributed by atoms with Gasteiger partial charge in [-0.05, 0) is 42.0 Å². The molecule has 0 aliphatic heterocycles. The molecule has 0 saturated heterocycles. The van der Waals surface area contributed by atoms with E-state index in [0.29, 0.717) is 0 Å². The second kappa shape index (κ2) is 7.84. The summed E-state index contributed by atoms with van der Waals surface area (Å²) in [5.41, 5.74) is 1.78. The first-order valence-electron chi connectivity index (χ1n) is 6.90. The van der Waals surface area contributed by atoms with Gasteiger partial charge in [-0.15, -0.1) is 0 Å². The van der Waals surface area contributed by atoms with Crippen molar-refractivity contribution in [1.82, 2.24) is 0 Å². The molecule has 0 saturated carbocycles. The molecule has 0 radical (unpaired) electrons. The predicted octanol–water partition coefficient (Wildman–Crippen LogP) is 4.00. The minimum absolute atomic E-state index is 0.0891. The lowest BCUT2D eigenvalue weighted by molar-refractivity contribution is -0.110. The fourth-order valence-electron chi connectivity index (χ4n) is 1.96. The Morgan fingerprint density at radius 2 is 1.68 bits per heavy atom. The van der Waals surface area contributed by atoms with E-state index in [1.54, 1.807) is 26.4 Å². The number of ketones is 1. The van der Waals surface area contributed by atoms with Crippen molar-refractivity contribution in [2.45, 2.75) is 0 Å². The molecule has 3 heteroatoms. The summed E-state index contributed by atoms with van der Waals surface area (Å²) in [6.45, 7) is 0. The Hall–Kier alpha value is -2.81. The monoisotopic (exact) mass is 294 g/mol. The van der Waals surface area contributed by atoms with Crippen molar-refractivity contribution in [2.24, 2.45) is 0 Å². The van der Waals surface area contributed by atoms with Crippen LogP contribution < -0.4 is 9.47 Å². The van der Waals surface area contributed by atoms with Crippen molar-refractivity contribution >= 4 is 17.9 Å². The van der Waals surface area contributed by atoms with E-state index in [2.05, 4.69) is 0 Å². The van der Waals surface area contributed by atoms with Gasteiger partial charge in [-0.3, -0.25) is 4.79 Å². The van der Waals surface area contributed by atoms with Gasteiger partial charge in [-0.2, -0.15) is 0 Å². The molecule has 0 heterocycles. The molecule has 2 aromatic rings. The van der Waals surface area contributed by atoms with Gasteiger partial charge < -0.3 is 9.47 Å². The Balaban J connectivity index is 2.06. The maximum atomic E-state index is 11.9. The van der Waals surface area contributed by atoms with Crippen molar-refractivity contribution in [3.05, 3.63) is 71.8 Å². The zero-order valence-corrected chi connectivity index (χ0v) is 12.7. The number of rotatable bonds is 6. The van der Waals surface area contributed by atoms with Crippen molar-refractivity contribution in [3.8, 4) is 11.5 Å². The molecule has 0 aliphatic carbocycles. The van der Waals surface area contributed by atoms with Crippen molar-refractivity contribution in [2.75, 3.05) is 14.2 Å². The number of carbonyl (C=O) groups excluding carboxylic acids is 1. The molecule has 0 atom stereocenters. The Morgan fingerprint density at radius 3 is 2.45 bits per heavy atom. The van der Waals surface area contributed by atoms with E-state index < -0.39 is 0 Å². The number of hydrogen-bond donors (Lipinski definition) is 0. The molecule has 0 fully saturated rings. The van der Waals surface area contributed by atoms with Gasteiger partial charge >= 0.3 is 0 Å². The van der Waals surface area contributed by atoms with E-state index in [4.69, 9.17) is 9.47 Å². The van der Waals surface area contributed by atoms with Gasteiger partial charge in [0.25, 0.3) is 0 Å². The maximum Gasteiger partial charge on any atom is 0.178 e. The molecule has 0 bridgehead atoms. The van der Waals surface area contributed by atoms with Crippen LogP contribution in [0.4, 0.5) is 0 Å². The summed E-state index contributed by atoms with van der Waals surface area (Å²) in [5, 5.41) is 0. The molecular weight excluding hydrogens is 276 g/mol. The van der Waals surface area contributed by atoms with Crippen LogP contribution in [0.5, 0.6) is 11.5 Å². The fraction of sp³-hybridized carbons (Fsp3) is 0.105. The molecule has 0 aliphatic rings. The van der Waals surface area contributed by atoms with Crippen LogP contribution in [-0.4, -0.2) is 20.0 Å². The highest BCUT2D eigenvalue weighted by Gasteiger charge is 1.98. The Bertz CT molecular complexity index is 699. The van der Waals surface area contributed by atoms with Gasteiger partial charge in [0.15, 0.2) is 5.78 Å². The Morgan fingerprint density at radius 1 is 0.909 bits per heavy atom. The molecular formula is C19H18O3. The predicted molar refractivity (Wildman–Crippen MR) is 89.1 cm³/mol. The molecule has 0 unspecified atom stereocenters. The van der Waals surface area contributed by atoms with Crippen molar-refractivity contribution < 1.29 is 14.3 Å². The molecule has 112 valence electrons. The van der Waals surface area contributed by atoms with E-state index >= 15 is 0 Å². The highest BCUT2D eigenvalue weighted by atomic mass is 16.5. The maximum absolute atomic E-state index is 11.9. The Kier molecular flexibility index (Phi) is 5.55. The normalized spacial score (nSPS) is 11.0. The number of hydrogen-bond acceptors (Lipinski definition) is 3. The highest BCUT2D eigenvalue weighted by Crippen LogP contribution is 2.18. The summed E-state index contributed by atoms with van der Waals surface area (Å²) >= 11 is 0. The van der Waals surface area contributed by atoms with Gasteiger partial charge in [0.2, 0.25) is 0 Å². The van der Waals surface area contributed by atoms with E-state index in [-0.39, 0.29) is 5.78 Å². The number of allylic oxidation sites excluding steroid dienone is 2. The summed E-state index contributed by atoms with van der Waals surface area (Å²) in [6.07, 6.45) is 6.56. The first-order chi connectivity index (χ1) is 10.7. The lowest BCUT2D eigenvalue weighted by Crippen LogP contribution is -1.88. The number of carbonyl (C=O) groups is 1. The SMILES string of the molecule is COc1cccc(/C=C/C(=O)/C=C/c2ccccc2OC)c1. The molecule has 22 heavy (non-hydrogen) atoms. The van der Waals surface area contributed by atoms with Crippen LogP contribution in [0.25, 0.3) is 12.2 Å². The molecule has 2 rings (SSSR count). The lowest BCUT2D eigenvalue weighted by atomic mass is 10.1. The summed E-state index contributed by atoms with van der Waals surface area (Å²) in [4.78, 5) is 11.9. The van der Waals surface area contributed by atoms with Crippen LogP contribution in [-0.2, 0) is 4.79 Å². The summed E-state index contributed by atoms with van der Waals surface area (Å²) in [7, 11) is 3.22. The van der Waals surface area contributed by atoms with Crippen LogP contribution in [0.1, 0.15) is 11.1 Å². The van der Waals surface area contributed by atoms with Crippen LogP contribution in [0.3, 0.4) is 0 Å². The largest absolute Gasteiger partial charge is 0.497 e. The first kappa shape index (κ1) is 15.6. The fourth-order valence-corrected chi connectivity index (χ4v) is 1.96. The molecule has 0 spiro atoms. The summed E-state index contributed by atoms with van der Waals surface area (Å²) < 4.78 is 10.4. The van der Waals surface area contributed by atoms with Crippen LogP contribution >= 0.6 is 0 Å². The average Bonchev–Trinajstić information content (AvgIpc) is 2.58. The highest BCUT2D eigenvalue weighted by molar-refractivity contribution is 6.04. The number of benzene rings is 2. The second-order valence-electron chi connectivity index (χ2n) is 4.59. The standard InChI is InChI=1S/C19H18O3/c1-21-18-8-5-6-15(14-18)10-12-17(20)13-11-16-7-3-4-9-19(16)22-2/h3-14H,1-2H3/b12-10+,13-11+. The van der Waals surface area contributed by atoms with Crippen LogP contribution in [0.2, 0.25) is 0 Å².